The minimum atomic E-state index is -3.04. The van der Waals surface area contributed by atoms with E-state index in [0.29, 0.717) is 0 Å². The van der Waals surface area contributed by atoms with E-state index in [1.54, 1.807) is 13.8 Å². The Morgan fingerprint density at radius 1 is 1.64 bits per heavy atom. The Bertz CT molecular complexity index is 218. The van der Waals surface area contributed by atoms with E-state index >= 15 is 0 Å². The summed E-state index contributed by atoms with van der Waals surface area (Å²) < 4.78 is 32.5. The Kier molecular flexibility index (Phi) is 3.59. The molecule has 1 rings (SSSR count). The molecule has 1 aliphatic heterocycles. The Morgan fingerprint density at radius 2 is 2.29 bits per heavy atom. The molecule has 1 aliphatic rings. The summed E-state index contributed by atoms with van der Waals surface area (Å²) in [4.78, 5) is 10.9. The molecule has 0 aromatic heterocycles. The van der Waals surface area contributed by atoms with Crippen molar-refractivity contribution in [3.63, 3.8) is 0 Å². The van der Waals surface area contributed by atoms with Crippen molar-refractivity contribution in [1.82, 2.24) is 0 Å². The molecule has 1 heterocycles. The van der Waals surface area contributed by atoms with Crippen LogP contribution in [0.4, 0.5) is 4.79 Å². The van der Waals surface area contributed by atoms with Crippen molar-refractivity contribution < 1.29 is 27.6 Å². The minimum absolute atomic E-state index is 0.0903. The van der Waals surface area contributed by atoms with E-state index < -0.39 is 29.2 Å². The highest BCUT2D eigenvalue weighted by Gasteiger charge is 2.41. The van der Waals surface area contributed by atoms with E-state index in [1.165, 1.54) is 0 Å². The molecular formula is C7H14O6S. The molecule has 2 N–H and O–H groups in total. The molecule has 0 radical (unpaired) electrons. The van der Waals surface area contributed by atoms with Crippen molar-refractivity contribution in [2.45, 2.75) is 26.1 Å². The van der Waals surface area contributed by atoms with Gasteiger partial charge >= 0.3 is 6.16 Å². The van der Waals surface area contributed by atoms with E-state index in [1.807, 2.05) is 0 Å². The summed E-state index contributed by atoms with van der Waals surface area (Å²) in [5, 5.41) is 0. The smallest absolute Gasteiger partial charge is 0.435 e. The lowest BCUT2D eigenvalue weighted by molar-refractivity contribution is 0.00667. The van der Waals surface area contributed by atoms with E-state index in [4.69, 9.17) is 18.0 Å². The summed E-state index contributed by atoms with van der Waals surface area (Å²) in [6.07, 6.45) is -1.99. The molecule has 14 heavy (non-hydrogen) atoms. The van der Waals surface area contributed by atoms with Crippen LogP contribution in [0.15, 0.2) is 0 Å². The molecule has 2 atom stereocenters. The van der Waals surface area contributed by atoms with Crippen molar-refractivity contribution in [3.8, 4) is 0 Å². The average molecular weight is 226 g/mol. The zero-order chi connectivity index (χ0) is 10.8. The van der Waals surface area contributed by atoms with Crippen molar-refractivity contribution in [1.29, 1.82) is 0 Å². The first-order valence-corrected chi connectivity index (χ1v) is 5.86. The maximum absolute atomic E-state index is 10.9. The lowest BCUT2D eigenvalue weighted by Gasteiger charge is -2.17. The molecule has 0 saturated carbocycles. The highest BCUT2D eigenvalue weighted by Crippen LogP contribution is 2.49. The van der Waals surface area contributed by atoms with Crippen molar-refractivity contribution in [2.75, 3.05) is 12.4 Å². The summed E-state index contributed by atoms with van der Waals surface area (Å²) in [6, 6.07) is 0. The Hall–Kier alpha value is -0.500. The van der Waals surface area contributed by atoms with Crippen LogP contribution in [0.1, 0.15) is 13.8 Å². The monoisotopic (exact) mass is 226 g/mol. The second kappa shape index (κ2) is 4.35. The lowest BCUT2D eigenvalue weighted by atomic mass is 10.3. The minimum Gasteiger partial charge on any atom is -0.435 e. The highest BCUT2D eigenvalue weighted by atomic mass is 32.3. The van der Waals surface area contributed by atoms with Gasteiger partial charge in [-0.25, -0.2) is 4.79 Å². The summed E-state index contributed by atoms with van der Waals surface area (Å²) in [7, 11) is -3.04. The molecule has 0 amide bonds. The molecule has 2 unspecified atom stereocenters. The van der Waals surface area contributed by atoms with Crippen LogP contribution in [0, 0.1) is 0 Å². The number of carbonyl (C=O) groups excluding carboxylic acids is 1. The third kappa shape index (κ3) is 3.02. The summed E-state index contributed by atoms with van der Waals surface area (Å²) in [5.41, 5.74) is 0. The first-order valence-electron chi connectivity index (χ1n) is 4.22. The Morgan fingerprint density at radius 3 is 2.71 bits per heavy atom. The first-order chi connectivity index (χ1) is 6.44. The average Bonchev–Trinajstić information content (AvgIpc) is 2.25. The molecule has 0 aromatic rings. The van der Waals surface area contributed by atoms with Crippen LogP contribution in [-0.4, -0.2) is 39.8 Å². The molecule has 84 valence electrons. The van der Waals surface area contributed by atoms with Crippen molar-refractivity contribution >= 4 is 17.0 Å². The molecule has 1 fully saturated rings. The molecule has 7 heteroatoms. The fraction of sp³-hybridized carbons (Fsp3) is 0.857. The summed E-state index contributed by atoms with van der Waals surface area (Å²) in [6.45, 7) is 3.48. The zero-order valence-corrected chi connectivity index (χ0v) is 8.82. The number of carbonyl (C=O) groups is 1. The van der Waals surface area contributed by atoms with Gasteiger partial charge in [0, 0.05) is 0 Å². The maximum Gasteiger partial charge on any atom is 0.508 e. The van der Waals surface area contributed by atoms with Gasteiger partial charge in [-0.15, -0.1) is 0 Å². The fourth-order valence-electron chi connectivity index (χ4n) is 1.10. The molecule has 6 nitrogen and oxygen atoms in total. The van der Waals surface area contributed by atoms with Gasteiger partial charge in [0.25, 0.3) is 0 Å². The Balaban J connectivity index is 2.42. The largest absolute Gasteiger partial charge is 0.508 e. The zero-order valence-electron chi connectivity index (χ0n) is 8.00. The highest BCUT2D eigenvalue weighted by molar-refractivity contribution is 8.20. The number of hydrogen-bond acceptors (Lipinski definition) is 6. The van der Waals surface area contributed by atoms with Crippen LogP contribution in [0.3, 0.4) is 0 Å². The van der Waals surface area contributed by atoms with Gasteiger partial charge < -0.3 is 18.6 Å². The summed E-state index contributed by atoms with van der Waals surface area (Å²) in [5.74, 6) is -0.0903. The second-order valence-electron chi connectivity index (χ2n) is 2.91. The lowest BCUT2D eigenvalue weighted by Crippen LogP contribution is -2.27. The molecular weight excluding hydrogens is 212 g/mol. The van der Waals surface area contributed by atoms with Gasteiger partial charge in [0.1, 0.15) is 12.2 Å². The van der Waals surface area contributed by atoms with Crippen LogP contribution < -0.4 is 0 Å². The van der Waals surface area contributed by atoms with Crippen LogP contribution >= 0.6 is 10.9 Å². The van der Waals surface area contributed by atoms with Crippen LogP contribution in [0.2, 0.25) is 0 Å². The van der Waals surface area contributed by atoms with Crippen LogP contribution in [0.25, 0.3) is 0 Å². The van der Waals surface area contributed by atoms with Gasteiger partial charge in [-0.05, 0) is 13.8 Å². The van der Waals surface area contributed by atoms with Gasteiger partial charge in [-0.2, -0.15) is 0 Å². The SMILES string of the molecule is CCOC(=O)OC1CS(O)(O)OC1C. The third-order valence-electron chi connectivity index (χ3n) is 1.72. The molecule has 0 aromatic carbocycles. The normalized spacial score (nSPS) is 32.3. The Labute approximate surface area is 83.7 Å². The van der Waals surface area contributed by atoms with E-state index in [2.05, 4.69) is 4.74 Å². The molecule has 0 bridgehead atoms. The molecule has 0 aliphatic carbocycles. The molecule has 0 spiro atoms. The van der Waals surface area contributed by atoms with Gasteiger partial charge in [0.2, 0.25) is 0 Å². The maximum atomic E-state index is 10.9. The van der Waals surface area contributed by atoms with Crippen LogP contribution in [-0.2, 0) is 13.7 Å². The second-order valence-corrected chi connectivity index (χ2v) is 4.65. The summed E-state index contributed by atoms with van der Waals surface area (Å²) >= 11 is 0. The van der Waals surface area contributed by atoms with Gasteiger partial charge in [0.15, 0.2) is 0 Å². The first kappa shape index (κ1) is 11.6. The van der Waals surface area contributed by atoms with Crippen molar-refractivity contribution in [3.05, 3.63) is 0 Å². The van der Waals surface area contributed by atoms with Gasteiger partial charge in [-0.1, -0.05) is 0 Å². The number of rotatable bonds is 2. The van der Waals surface area contributed by atoms with Crippen molar-refractivity contribution in [2.24, 2.45) is 0 Å². The van der Waals surface area contributed by atoms with E-state index in [-0.39, 0.29) is 12.4 Å². The van der Waals surface area contributed by atoms with Gasteiger partial charge in [-0.3, -0.25) is 4.18 Å². The number of ether oxygens (including phenoxy) is 2. The molecule has 1 saturated heterocycles. The predicted molar refractivity (Wildman–Crippen MR) is 50.2 cm³/mol. The van der Waals surface area contributed by atoms with Gasteiger partial charge in [0.05, 0.1) is 23.2 Å². The van der Waals surface area contributed by atoms with Crippen LogP contribution in [0.5, 0.6) is 0 Å². The third-order valence-corrected chi connectivity index (χ3v) is 3.10. The number of hydrogen-bond donors (Lipinski definition) is 2. The topological polar surface area (TPSA) is 85.2 Å². The van der Waals surface area contributed by atoms with E-state index in [9.17, 15) is 4.79 Å². The standard InChI is InChI=1S/C7H14O6S/c1-3-11-7(8)12-6-4-14(9,10)13-5(6)2/h5-6,9-10H,3-4H2,1-2H3. The quantitative estimate of drug-likeness (QED) is 0.696. The predicted octanol–water partition coefficient (Wildman–Crippen LogP) is 1.61. The van der Waals surface area contributed by atoms with E-state index in [0.717, 1.165) is 0 Å². The fourth-order valence-corrected chi connectivity index (χ4v) is 2.55.